The predicted molar refractivity (Wildman–Crippen MR) is 176 cm³/mol. The molecule has 0 aromatic heterocycles. The van der Waals surface area contributed by atoms with Crippen LogP contribution in [0.3, 0.4) is 0 Å². The second kappa shape index (κ2) is 16.3. The van der Waals surface area contributed by atoms with Crippen LogP contribution in [0.4, 0.5) is 9.59 Å². The third kappa shape index (κ3) is 10.5. The van der Waals surface area contributed by atoms with Gasteiger partial charge >= 0.3 is 30.0 Å². The van der Waals surface area contributed by atoms with Gasteiger partial charge in [-0.3, -0.25) is 4.79 Å². The molecule has 0 radical (unpaired) electrons. The first-order chi connectivity index (χ1) is 21.8. The van der Waals surface area contributed by atoms with Crippen molar-refractivity contribution in [2.45, 2.75) is 91.3 Å². The molecule has 258 valence electrons. The van der Waals surface area contributed by atoms with Crippen LogP contribution in [0.15, 0.2) is 60.7 Å². The SMILES string of the molecule is CC(C)(C)C(CCCCNC(=O)OCc1ccccc1)(NC(=O)NC(CC(Cc1ccccc1)C(=O)O)(C(=O)O)C(C)(C)C)C(=O)O. The summed E-state index contributed by atoms with van der Waals surface area (Å²) < 4.78 is 5.19. The first kappa shape index (κ1) is 38.6. The summed E-state index contributed by atoms with van der Waals surface area (Å²) in [5.74, 6) is -5.16. The van der Waals surface area contributed by atoms with E-state index >= 15 is 0 Å². The van der Waals surface area contributed by atoms with E-state index in [9.17, 15) is 39.3 Å². The maximum Gasteiger partial charge on any atom is 0.407 e. The van der Waals surface area contributed by atoms with Gasteiger partial charge in [0.05, 0.1) is 5.92 Å². The predicted octanol–water partition coefficient (Wildman–Crippen LogP) is 5.45. The van der Waals surface area contributed by atoms with Crippen LogP contribution < -0.4 is 16.0 Å². The van der Waals surface area contributed by atoms with Crippen LogP contribution in [0.25, 0.3) is 0 Å². The molecule has 47 heavy (non-hydrogen) atoms. The van der Waals surface area contributed by atoms with Crippen molar-refractivity contribution in [1.29, 1.82) is 0 Å². The summed E-state index contributed by atoms with van der Waals surface area (Å²) in [5.41, 5.74) is -4.63. The molecular formula is C35H49N3O9. The number of rotatable bonds is 16. The van der Waals surface area contributed by atoms with Crippen molar-refractivity contribution in [3.63, 3.8) is 0 Å². The molecule has 0 saturated carbocycles. The number of carbonyl (C=O) groups excluding carboxylic acids is 2. The quantitative estimate of drug-likeness (QED) is 0.128. The number of carboxylic acid groups (broad SMARTS) is 3. The van der Waals surface area contributed by atoms with Crippen molar-refractivity contribution < 1.29 is 44.0 Å². The molecule has 0 aliphatic heterocycles. The molecule has 12 nitrogen and oxygen atoms in total. The molecule has 0 spiro atoms. The molecule has 0 aliphatic rings. The fourth-order valence-corrected chi connectivity index (χ4v) is 5.53. The van der Waals surface area contributed by atoms with Gasteiger partial charge in [0, 0.05) is 6.54 Å². The summed E-state index contributed by atoms with van der Waals surface area (Å²) in [6.45, 7) is 9.98. The lowest BCUT2D eigenvalue weighted by molar-refractivity contribution is -0.153. The molecule has 0 fully saturated rings. The summed E-state index contributed by atoms with van der Waals surface area (Å²) >= 11 is 0. The summed E-state index contributed by atoms with van der Waals surface area (Å²) in [4.78, 5) is 63.9. The highest BCUT2D eigenvalue weighted by molar-refractivity contribution is 5.91. The minimum Gasteiger partial charge on any atom is -0.481 e. The first-order valence-electron chi connectivity index (χ1n) is 15.6. The zero-order valence-electron chi connectivity index (χ0n) is 28.1. The minimum atomic E-state index is -2.08. The van der Waals surface area contributed by atoms with Crippen molar-refractivity contribution in [2.75, 3.05) is 6.54 Å². The number of hydrogen-bond acceptors (Lipinski definition) is 6. The van der Waals surface area contributed by atoms with E-state index in [1.54, 1.807) is 71.9 Å². The molecule has 12 heteroatoms. The Morgan fingerprint density at radius 1 is 0.702 bits per heavy atom. The van der Waals surface area contributed by atoms with Crippen molar-refractivity contribution in [3.8, 4) is 0 Å². The number of aliphatic carboxylic acids is 3. The molecule has 3 amide bonds. The number of carboxylic acids is 3. The number of urea groups is 1. The Hall–Kier alpha value is -4.61. The van der Waals surface area contributed by atoms with Crippen molar-refractivity contribution in [3.05, 3.63) is 71.8 Å². The van der Waals surface area contributed by atoms with Crippen LogP contribution >= 0.6 is 0 Å². The van der Waals surface area contributed by atoms with Crippen molar-refractivity contribution >= 4 is 30.0 Å². The van der Waals surface area contributed by atoms with Gasteiger partial charge in [0.1, 0.15) is 17.7 Å². The van der Waals surface area contributed by atoms with Gasteiger partial charge in [-0.1, -0.05) is 102 Å². The summed E-state index contributed by atoms with van der Waals surface area (Å²) in [6.07, 6.45) is -0.433. The number of carbonyl (C=O) groups is 5. The molecule has 6 N–H and O–H groups in total. The Morgan fingerprint density at radius 3 is 1.66 bits per heavy atom. The standard InChI is InChI=1S/C35H49N3O9/c1-32(2,3)34(28(41)42,19-13-14-20-36-31(46)47-23-25-17-11-8-12-18-25)37-30(45)38-35(29(43)44,33(4,5)6)22-26(27(39)40)21-24-15-9-7-10-16-24/h7-12,15-18,26H,13-14,19-23H2,1-6H3,(H,36,46)(H,39,40)(H,41,42)(H,43,44)(H2,37,38,45). The van der Waals surface area contributed by atoms with Crippen LogP contribution in [0.5, 0.6) is 0 Å². The second-order valence-electron chi connectivity index (χ2n) is 13.9. The molecular weight excluding hydrogens is 606 g/mol. The van der Waals surface area contributed by atoms with Crippen LogP contribution in [0.1, 0.15) is 78.4 Å². The second-order valence-corrected chi connectivity index (χ2v) is 13.9. The molecule has 0 heterocycles. The third-order valence-corrected chi connectivity index (χ3v) is 8.63. The van der Waals surface area contributed by atoms with Crippen LogP contribution in [0.2, 0.25) is 0 Å². The molecule has 3 atom stereocenters. The smallest absolute Gasteiger partial charge is 0.407 e. The zero-order chi connectivity index (χ0) is 35.5. The number of benzene rings is 2. The molecule has 0 bridgehead atoms. The van der Waals surface area contributed by atoms with E-state index in [4.69, 9.17) is 4.74 Å². The molecule has 2 rings (SSSR count). The molecule has 2 aromatic carbocycles. The summed E-state index contributed by atoms with van der Waals surface area (Å²) in [5, 5.41) is 38.8. The maximum atomic E-state index is 13.7. The molecule has 0 aliphatic carbocycles. The lowest BCUT2D eigenvalue weighted by Crippen LogP contribution is -2.70. The minimum absolute atomic E-state index is 0.0273. The first-order valence-corrected chi connectivity index (χ1v) is 15.6. The highest BCUT2D eigenvalue weighted by atomic mass is 16.5. The highest BCUT2D eigenvalue weighted by Crippen LogP contribution is 2.39. The third-order valence-electron chi connectivity index (χ3n) is 8.63. The van der Waals surface area contributed by atoms with Crippen molar-refractivity contribution in [1.82, 2.24) is 16.0 Å². The normalized spacial score (nSPS) is 14.9. The Bertz CT molecular complexity index is 1370. The number of hydrogen-bond donors (Lipinski definition) is 6. The van der Waals surface area contributed by atoms with Crippen LogP contribution in [-0.2, 0) is 32.1 Å². The van der Waals surface area contributed by atoms with Gasteiger partial charge in [-0.05, 0) is 54.1 Å². The maximum absolute atomic E-state index is 13.7. The number of unbranched alkanes of at least 4 members (excludes halogenated alkanes) is 1. The number of nitrogens with one attached hydrogen (secondary N) is 3. The van der Waals surface area contributed by atoms with Crippen LogP contribution in [0, 0.1) is 16.7 Å². The average molecular weight is 656 g/mol. The van der Waals surface area contributed by atoms with Gasteiger partial charge in [-0.2, -0.15) is 0 Å². The Kier molecular flexibility index (Phi) is 13.4. The lowest BCUT2D eigenvalue weighted by Gasteiger charge is -2.46. The largest absolute Gasteiger partial charge is 0.481 e. The van der Waals surface area contributed by atoms with E-state index in [0.717, 1.165) is 5.56 Å². The topological polar surface area (TPSA) is 191 Å². The number of alkyl carbamates (subject to hydrolysis) is 1. The number of amides is 3. The van der Waals surface area contributed by atoms with Crippen molar-refractivity contribution in [2.24, 2.45) is 16.7 Å². The molecule has 2 aromatic rings. The number of ether oxygens (including phenoxy) is 1. The highest BCUT2D eigenvalue weighted by Gasteiger charge is 2.55. The van der Waals surface area contributed by atoms with Gasteiger partial charge in [0.2, 0.25) is 0 Å². The Morgan fingerprint density at radius 2 is 1.19 bits per heavy atom. The van der Waals surface area contributed by atoms with Gasteiger partial charge in [0.25, 0.3) is 0 Å². The average Bonchev–Trinajstić information content (AvgIpc) is 2.98. The fourth-order valence-electron chi connectivity index (χ4n) is 5.53. The van der Waals surface area contributed by atoms with Gasteiger partial charge in [0.15, 0.2) is 0 Å². The van der Waals surface area contributed by atoms with E-state index in [1.807, 2.05) is 30.3 Å². The molecule has 0 saturated heterocycles. The van der Waals surface area contributed by atoms with Gasteiger partial charge in [-0.15, -0.1) is 0 Å². The van der Waals surface area contributed by atoms with Gasteiger partial charge < -0.3 is 36.0 Å². The Labute approximate surface area is 276 Å². The lowest BCUT2D eigenvalue weighted by atomic mass is 9.68. The Balaban J connectivity index is 2.21. The van der Waals surface area contributed by atoms with E-state index in [0.29, 0.717) is 12.0 Å². The summed E-state index contributed by atoms with van der Waals surface area (Å²) in [7, 11) is 0. The van der Waals surface area contributed by atoms with Crippen LogP contribution in [-0.4, -0.2) is 63.0 Å². The van der Waals surface area contributed by atoms with E-state index in [1.165, 1.54) is 0 Å². The summed E-state index contributed by atoms with van der Waals surface area (Å²) in [6, 6.07) is 16.9. The fraction of sp³-hybridized carbons (Fsp3) is 0.514. The zero-order valence-corrected chi connectivity index (χ0v) is 28.1. The monoisotopic (exact) mass is 655 g/mol. The van der Waals surface area contributed by atoms with E-state index in [2.05, 4.69) is 16.0 Å². The van der Waals surface area contributed by atoms with E-state index < -0.39 is 64.3 Å². The van der Waals surface area contributed by atoms with Gasteiger partial charge in [-0.25, -0.2) is 19.2 Å². The van der Waals surface area contributed by atoms with E-state index in [-0.39, 0.29) is 32.4 Å². The molecule has 3 unspecified atom stereocenters.